The van der Waals surface area contributed by atoms with Gasteiger partial charge in [-0.2, -0.15) is 0 Å². The van der Waals surface area contributed by atoms with Gasteiger partial charge < -0.3 is 10.1 Å². The van der Waals surface area contributed by atoms with Crippen LogP contribution in [-0.2, 0) is 9.53 Å². The number of rotatable bonds is 5. The second kappa shape index (κ2) is 8.37. The van der Waals surface area contributed by atoms with Crippen LogP contribution >= 0.6 is 23.2 Å². The minimum absolute atomic E-state index is 0.208. The lowest BCUT2D eigenvalue weighted by Gasteiger charge is -2.11. The zero-order valence-electron chi connectivity index (χ0n) is 14.5. The third-order valence-corrected chi connectivity index (χ3v) is 4.41. The van der Waals surface area contributed by atoms with Crippen molar-refractivity contribution in [1.29, 1.82) is 0 Å². The molecule has 0 aliphatic rings. The van der Waals surface area contributed by atoms with Gasteiger partial charge in [0.15, 0.2) is 0 Å². The molecule has 0 unspecified atom stereocenters. The third kappa shape index (κ3) is 4.38. The van der Waals surface area contributed by atoms with E-state index < -0.39 is 11.9 Å². The minimum atomic E-state index is -0.495. The number of benzene rings is 2. The van der Waals surface area contributed by atoms with Crippen LogP contribution in [0.4, 0.5) is 0 Å². The van der Waals surface area contributed by atoms with Crippen LogP contribution in [0.15, 0.2) is 48.5 Å². The second-order valence-electron chi connectivity index (χ2n) is 5.68. The summed E-state index contributed by atoms with van der Waals surface area (Å²) >= 11 is 12.3. The van der Waals surface area contributed by atoms with Gasteiger partial charge in [0.05, 0.1) is 28.4 Å². The first kappa shape index (κ1) is 19.1. The van der Waals surface area contributed by atoms with E-state index in [1.54, 1.807) is 37.3 Å². The number of aromatic nitrogens is 1. The summed E-state index contributed by atoms with van der Waals surface area (Å²) in [7, 11) is 0. The van der Waals surface area contributed by atoms with Crippen molar-refractivity contribution in [3.05, 3.63) is 64.1 Å². The summed E-state index contributed by atoms with van der Waals surface area (Å²) in [6.07, 6.45) is 0. The number of carbonyl (C=O) groups excluding carboxylic acids is 2. The standard InChI is InChI=1S/C20H16Cl2N2O3/c1-2-27-19(25)11-23-20(26)15-10-18(14-8-7-12(21)9-16(14)22)24-17-6-4-3-5-13(15)17/h3-10H,2,11H2,1H3,(H,23,26). The lowest BCUT2D eigenvalue weighted by Crippen LogP contribution is -2.30. The van der Waals surface area contributed by atoms with Gasteiger partial charge in [-0.15, -0.1) is 0 Å². The Bertz CT molecular complexity index is 1020. The van der Waals surface area contributed by atoms with Crippen molar-refractivity contribution in [3.63, 3.8) is 0 Å². The Hall–Kier alpha value is -2.63. The van der Waals surface area contributed by atoms with E-state index in [1.165, 1.54) is 0 Å². The van der Waals surface area contributed by atoms with Crippen LogP contribution in [0.25, 0.3) is 22.2 Å². The summed E-state index contributed by atoms with van der Waals surface area (Å²) in [6.45, 7) is 1.75. The molecule has 1 amide bonds. The van der Waals surface area contributed by atoms with Crippen LogP contribution in [-0.4, -0.2) is 30.0 Å². The van der Waals surface area contributed by atoms with Crippen molar-refractivity contribution >= 4 is 46.0 Å². The van der Waals surface area contributed by atoms with E-state index in [2.05, 4.69) is 10.3 Å². The molecule has 27 heavy (non-hydrogen) atoms. The average molecular weight is 403 g/mol. The van der Waals surface area contributed by atoms with Crippen LogP contribution in [0.5, 0.6) is 0 Å². The molecule has 0 aliphatic heterocycles. The SMILES string of the molecule is CCOC(=O)CNC(=O)c1cc(-c2ccc(Cl)cc2Cl)nc2ccccc12. The van der Waals surface area contributed by atoms with E-state index in [0.717, 1.165) is 0 Å². The maximum atomic E-state index is 12.7. The molecule has 1 N–H and O–H groups in total. The Labute approximate surface area is 166 Å². The fraction of sp³-hybridized carbons (Fsp3) is 0.150. The first-order valence-corrected chi connectivity index (χ1v) is 9.04. The molecular formula is C20H16Cl2N2O3. The van der Waals surface area contributed by atoms with Gasteiger partial charge >= 0.3 is 5.97 Å². The lowest BCUT2D eigenvalue weighted by molar-refractivity contribution is -0.141. The highest BCUT2D eigenvalue weighted by Crippen LogP contribution is 2.31. The molecule has 7 heteroatoms. The normalized spacial score (nSPS) is 10.6. The van der Waals surface area contributed by atoms with Gasteiger partial charge in [0.2, 0.25) is 0 Å². The monoisotopic (exact) mass is 402 g/mol. The van der Waals surface area contributed by atoms with E-state index >= 15 is 0 Å². The Morgan fingerprint density at radius 3 is 2.63 bits per heavy atom. The number of esters is 1. The fourth-order valence-electron chi connectivity index (χ4n) is 2.66. The van der Waals surface area contributed by atoms with Crippen LogP contribution in [0.3, 0.4) is 0 Å². The van der Waals surface area contributed by atoms with Crippen molar-refractivity contribution in [2.75, 3.05) is 13.2 Å². The molecule has 2 aromatic carbocycles. The molecule has 3 rings (SSSR count). The summed E-state index contributed by atoms with van der Waals surface area (Å²) in [4.78, 5) is 28.8. The number of nitrogens with zero attached hydrogens (tertiary/aromatic N) is 1. The molecule has 1 aromatic heterocycles. The number of halogens is 2. The Balaban J connectivity index is 2.03. The van der Waals surface area contributed by atoms with Crippen molar-refractivity contribution in [3.8, 4) is 11.3 Å². The van der Waals surface area contributed by atoms with Crippen molar-refractivity contribution < 1.29 is 14.3 Å². The van der Waals surface area contributed by atoms with Gasteiger partial charge in [-0.25, -0.2) is 4.98 Å². The molecule has 5 nitrogen and oxygen atoms in total. The average Bonchev–Trinajstić information content (AvgIpc) is 2.65. The first-order chi connectivity index (χ1) is 13.0. The molecule has 0 fully saturated rings. The summed E-state index contributed by atoms with van der Waals surface area (Å²) in [6, 6.07) is 14.0. The highest BCUT2D eigenvalue weighted by atomic mass is 35.5. The number of ether oxygens (including phenoxy) is 1. The van der Waals surface area contributed by atoms with Crippen molar-refractivity contribution in [2.24, 2.45) is 0 Å². The van der Waals surface area contributed by atoms with Crippen molar-refractivity contribution in [1.82, 2.24) is 10.3 Å². The second-order valence-corrected chi connectivity index (χ2v) is 6.53. The van der Waals surface area contributed by atoms with E-state index in [1.807, 2.05) is 18.2 Å². The quantitative estimate of drug-likeness (QED) is 0.637. The number of hydrogen-bond acceptors (Lipinski definition) is 4. The number of pyridine rings is 1. The Morgan fingerprint density at radius 1 is 1.11 bits per heavy atom. The molecular weight excluding hydrogens is 387 g/mol. The molecule has 3 aromatic rings. The van der Waals surface area contributed by atoms with Crippen LogP contribution in [0, 0.1) is 0 Å². The van der Waals surface area contributed by atoms with Crippen LogP contribution < -0.4 is 5.32 Å². The number of amides is 1. The van der Waals surface area contributed by atoms with E-state index in [-0.39, 0.29) is 13.2 Å². The molecule has 0 radical (unpaired) electrons. The summed E-state index contributed by atoms with van der Waals surface area (Å²) in [5.74, 6) is -0.891. The highest BCUT2D eigenvalue weighted by Gasteiger charge is 2.16. The number of hydrogen-bond donors (Lipinski definition) is 1. The van der Waals surface area contributed by atoms with Crippen LogP contribution in [0.2, 0.25) is 10.0 Å². The molecule has 0 aliphatic carbocycles. The van der Waals surface area contributed by atoms with Gasteiger partial charge in [0.25, 0.3) is 5.91 Å². The van der Waals surface area contributed by atoms with Gasteiger partial charge in [-0.3, -0.25) is 9.59 Å². The Morgan fingerprint density at radius 2 is 1.89 bits per heavy atom. The maximum absolute atomic E-state index is 12.7. The third-order valence-electron chi connectivity index (χ3n) is 3.87. The molecule has 0 saturated carbocycles. The highest BCUT2D eigenvalue weighted by molar-refractivity contribution is 6.36. The predicted molar refractivity (Wildman–Crippen MR) is 106 cm³/mol. The van der Waals surface area contributed by atoms with E-state index in [4.69, 9.17) is 27.9 Å². The van der Waals surface area contributed by atoms with Gasteiger partial charge in [-0.05, 0) is 37.3 Å². The molecule has 0 saturated heterocycles. The number of fused-ring (bicyclic) bond motifs is 1. The molecule has 0 atom stereocenters. The summed E-state index contributed by atoms with van der Waals surface area (Å²) in [5, 5.41) is 4.20. The van der Waals surface area contributed by atoms with Crippen molar-refractivity contribution in [2.45, 2.75) is 6.92 Å². The van der Waals surface area contributed by atoms with Gasteiger partial charge in [0.1, 0.15) is 6.54 Å². The molecule has 0 bridgehead atoms. The molecule has 138 valence electrons. The minimum Gasteiger partial charge on any atom is -0.465 e. The summed E-state index contributed by atoms with van der Waals surface area (Å²) in [5.41, 5.74) is 2.23. The zero-order chi connectivity index (χ0) is 19.4. The zero-order valence-corrected chi connectivity index (χ0v) is 16.0. The topological polar surface area (TPSA) is 68.3 Å². The largest absolute Gasteiger partial charge is 0.465 e. The van der Waals surface area contributed by atoms with Crippen LogP contribution in [0.1, 0.15) is 17.3 Å². The summed E-state index contributed by atoms with van der Waals surface area (Å²) < 4.78 is 4.84. The fourth-order valence-corrected chi connectivity index (χ4v) is 3.16. The smallest absolute Gasteiger partial charge is 0.325 e. The Kier molecular flexibility index (Phi) is 5.94. The first-order valence-electron chi connectivity index (χ1n) is 8.28. The molecule has 0 spiro atoms. The van der Waals surface area contributed by atoms with Gasteiger partial charge in [0, 0.05) is 16.0 Å². The molecule has 1 heterocycles. The lowest BCUT2D eigenvalue weighted by atomic mass is 10.0. The van der Waals surface area contributed by atoms with E-state index in [0.29, 0.717) is 37.8 Å². The maximum Gasteiger partial charge on any atom is 0.325 e. The van der Waals surface area contributed by atoms with E-state index in [9.17, 15) is 9.59 Å². The number of para-hydroxylation sites is 1. The van der Waals surface area contributed by atoms with Gasteiger partial charge in [-0.1, -0.05) is 41.4 Å². The predicted octanol–water partition coefficient (Wildman–Crippen LogP) is 4.50. The number of nitrogens with one attached hydrogen (secondary N) is 1. The number of carbonyl (C=O) groups is 2.